The van der Waals surface area contributed by atoms with E-state index in [0.717, 1.165) is 83.5 Å². The number of unbranched alkanes of at least 4 members (excludes halogenated alkanes) is 28. The lowest BCUT2D eigenvalue weighted by Crippen LogP contribution is -2.45. The number of hydrogen-bond acceptors (Lipinski definition) is 3. The van der Waals surface area contributed by atoms with Crippen LogP contribution in [-0.4, -0.2) is 34.9 Å². The highest BCUT2D eigenvalue weighted by atomic mass is 16.3. The Morgan fingerprint density at radius 2 is 0.698 bits per heavy atom. The van der Waals surface area contributed by atoms with Crippen LogP contribution in [0.3, 0.4) is 0 Å². The molecule has 2 unspecified atom stereocenters. The van der Waals surface area contributed by atoms with Crippen molar-refractivity contribution in [2.24, 2.45) is 0 Å². The Morgan fingerprint density at radius 1 is 0.397 bits per heavy atom. The third-order valence-corrected chi connectivity index (χ3v) is 12.2. The van der Waals surface area contributed by atoms with Crippen molar-refractivity contribution in [3.05, 3.63) is 85.1 Å². The maximum absolute atomic E-state index is 12.5. The van der Waals surface area contributed by atoms with Crippen molar-refractivity contribution in [1.82, 2.24) is 5.32 Å². The first-order chi connectivity index (χ1) is 31.2. The molecule has 4 nitrogen and oxygen atoms in total. The number of hydrogen-bond donors (Lipinski definition) is 3. The van der Waals surface area contributed by atoms with Gasteiger partial charge >= 0.3 is 0 Å². The molecule has 0 spiro atoms. The molecule has 0 heterocycles. The molecule has 0 saturated carbocycles. The average Bonchev–Trinajstić information content (AvgIpc) is 3.29. The zero-order valence-corrected chi connectivity index (χ0v) is 41.8. The maximum Gasteiger partial charge on any atom is 0.220 e. The van der Waals surface area contributed by atoms with Gasteiger partial charge in [0, 0.05) is 6.42 Å². The Kier molecular flexibility index (Phi) is 51.8. The first-order valence-electron chi connectivity index (χ1n) is 27.3. The standard InChI is InChI=1S/C59H105NO3/c1-3-5-7-9-11-13-15-17-19-21-23-25-27-29-30-31-33-35-37-39-41-43-45-47-49-51-53-55-59(63)60-57(56-61)58(62)54-52-50-48-46-44-42-40-38-36-34-32-28-26-24-22-20-18-16-14-12-10-8-6-4-2/h5,7,11,13,17,19,23,25,29-30,33,35,39,41,57-58,61-62H,3-4,6,8-10,12,14-16,18,20-22,24,26-28,31-32,34,36-38,40,42-56H2,1-2H3,(H,60,63)/b7-5-,13-11-,19-17-,25-23-,30-29-,35-33-,41-39-. The topological polar surface area (TPSA) is 69.6 Å². The van der Waals surface area contributed by atoms with Crippen LogP contribution in [0.4, 0.5) is 0 Å². The molecule has 1 amide bonds. The molecular formula is C59H105NO3. The Balaban J connectivity index is 3.57. The van der Waals surface area contributed by atoms with Crippen molar-refractivity contribution in [2.45, 2.75) is 276 Å². The number of aliphatic hydroxyl groups excluding tert-OH is 2. The molecule has 0 aromatic heterocycles. The Labute approximate surface area is 392 Å². The van der Waals surface area contributed by atoms with Crippen LogP contribution in [0.15, 0.2) is 85.1 Å². The molecule has 0 aliphatic heterocycles. The number of rotatable bonds is 49. The van der Waals surface area contributed by atoms with Crippen molar-refractivity contribution in [3.63, 3.8) is 0 Å². The number of amides is 1. The average molecular weight is 876 g/mol. The minimum Gasteiger partial charge on any atom is -0.394 e. The second-order valence-electron chi connectivity index (χ2n) is 18.3. The molecule has 0 aliphatic carbocycles. The van der Waals surface area contributed by atoms with Crippen LogP contribution in [-0.2, 0) is 4.79 Å². The summed E-state index contributed by atoms with van der Waals surface area (Å²) in [5.74, 6) is -0.0509. The van der Waals surface area contributed by atoms with Crippen LogP contribution in [0.2, 0.25) is 0 Å². The normalized spacial score (nSPS) is 13.5. The van der Waals surface area contributed by atoms with Gasteiger partial charge in [0.1, 0.15) is 0 Å². The summed E-state index contributed by atoms with van der Waals surface area (Å²) in [7, 11) is 0. The van der Waals surface area contributed by atoms with E-state index >= 15 is 0 Å². The molecule has 4 heteroatoms. The van der Waals surface area contributed by atoms with E-state index in [0.29, 0.717) is 12.8 Å². The molecule has 0 saturated heterocycles. The second-order valence-corrected chi connectivity index (χ2v) is 18.3. The van der Waals surface area contributed by atoms with Crippen molar-refractivity contribution in [1.29, 1.82) is 0 Å². The molecule has 0 aromatic carbocycles. The van der Waals surface area contributed by atoms with Gasteiger partial charge in [0.15, 0.2) is 0 Å². The molecule has 0 aliphatic rings. The number of carbonyl (C=O) groups is 1. The number of aliphatic hydroxyl groups is 2. The van der Waals surface area contributed by atoms with Crippen molar-refractivity contribution in [2.75, 3.05) is 6.61 Å². The van der Waals surface area contributed by atoms with E-state index in [1.807, 2.05) is 0 Å². The minimum atomic E-state index is -0.675. The molecule has 0 rings (SSSR count). The number of nitrogens with one attached hydrogen (secondary N) is 1. The summed E-state index contributed by atoms with van der Waals surface area (Å²) in [5.41, 5.74) is 0. The predicted molar refractivity (Wildman–Crippen MR) is 280 cm³/mol. The summed E-state index contributed by atoms with van der Waals surface area (Å²) in [4.78, 5) is 12.5. The van der Waals surface area contributed by atoms with Gasteiger partial charge in [-0.15, -0.1) is 0 Å². The zero-order chi connectivity index (χ0) is 45.6. The molecule has 63 heavy (non-hydrogen) atoms. The van der Waals surface area contributed by atoms with Gasteiger partial charge in [-0.25, -0.2) is 0 Å². The lowest BCUT2D eigenvalue weighted by molar-refractivity contribution is -0.123. The van der Waals surface area contributed by atoms with Crippen LogP contribution < -0.4 is 5.32 Å². The van der Waals surface area contributed by atoms with Gasteiger partial charge in [-0.1, -0.05) is 272 Å². The molecule has 0 radical (unpaired) electrons. The van der Waals surface area contributed by atoms with E-state index in [9.17, 15) is 15.0 Å². The predicted octanol–water partition coefficient (Wildman–Crippen LogP) is 18.0. The van der Waals surface area contributed by atoms with Gasteiger partial charge in [-0.2, -0.15) is 0 Å². The molecule has 0 bridgehead atoms. The van der Waals surface area contributed by atoms with E-state index in [4.69, 9.17) is 0 Å². The number of carbonyl (C=O) groups excluding carboxylic acids is 1. The van der Waals surface area contributed by atoms with E-state index in [1.54, 1.807) is 0 Å². The summed E-state index contributed by atoms with van der Waals surface area (Å²) >= 11 is 0. The highest BCUT2D eigenvalue weighted by Gasteiger charge is 2.20. The highest BCUT2D eigenvalue weighted by molar-refractivity contribution is 5.76. The monoisotopic (exact) mass is 876 g/mol. The fraction of sp³-hybridized carbons (Fsp3) is 0.746. The first-order valence-corrected chi connectivity index (χ1v) is 27.3. The lowest BCUT2D eigenvalue weighted by atomic mass is 10.0. The van der Waals surface area contributed by atoms with E-state index < -0.39 is 12.1 Å². The third kappa shape index (κ3) is 50.4. The van der Waals surface area contributed by atoms with Gasteiger partial charge < -0.3 is 15.5 Å². The zero-order valence-electron chi connectivity index (χ0n) is 41.8. The third-order valence-electron chi connectivity index (χ3n) is 12.2. The van der Waals surface area contributed by atoms with Crippen LogP contribution in [0.1, 0.15) is 264 Å². The fourth-order valence-electron chi connectivity index (χ4n) is 8.05. The van der Waals surface area contributed by atoms with E-state index in [-0.39, 0.29) is 12.5 Å². The van der Waals surface area contributed by atoms with Crippen LogP contribution in [0, 0.1) is 0 Å². The summed E-state index contributed by atoms with van der Waals surface area (Å²) < 4.78 is 0. The quantitative estimate of drug-likeness (QED) is 0.0421. The number of allylic oxidation sites excluding steroid dienone is 14. The van der Waals surface area contributed by atoms with E-state index in [2.05, 4.69) is 104 Å². The van der Waals surface area contributed by atoms with Gasteiger partial charge in [-0.3, -0.25) is 4.79 Å². The maximum atomic E-state index is 12.5. The molecular weight excluding hydrogens is 771 g/mol. The SMILES string of the molecule is CC/C=C\C/C=C\C/C=C\C/C=C\C/C=C\C/C=C\C/C=C\CCCCCCCC(=O)NC(CO)C(O)CCCCCCCCCCCCCCCCCCCCCCCCCC. The molecule has 3 N–H and O–H groups in total. The second kappa shape index (κ2) is 53.9. The fourth-order valence-corrected chi connectivity index (χ4v) is 8.05. The molecule has 364 valence electrons. The Bertz CT molecular complexity index is 1130. The minimum absolute atomic E-state index is 0.0509. The molecule has 0 fully saturated rings. The van der Waals surface area contributed by atoms with Crippen LogP contribution in [0.25, 0.3) is 0 Å². The van der Waals surface area contributed by atoms with E-state index in [1.165, 1.54) is 154 Å². The Hall–Kier alpha value is -2.43. The van der Waals surface area contributed by atoms with Gasteiger partial charge in [0.25, 0.3) is 0 Å². The van der Waals surface area contributed by atoms with Crippen LogP contribution >= 0.6 is 0 Å². The Morgan fingerprint density at radius 3 is 1.05 bits per heavy atom. The highest BCUT2D eigenvalue weighted by Crippen LogP contribution is 2.17. The smallest absolute Gasteiger partial charge is 0.220 e. The van der Waals surface area contributed by atoms with Gasteiger partial charge in [0.05, 0.1) is 18.8 Å². The van der Waals surface area contributed by atoms with Crippen molar-refractivity contribution >= 4 is 5.91 Å². The van der Waals surface area contributed by atoms with Gasteiger partial charge in [-0.05, 0) is 70.6 Å². The largest absolute Gasteiger partial charge is 0.394 e. The summed E-state index contributed by atoms with van der Waals surface area (Å²) in [6.45, 7) is 4.25. The first kappa shape index (κ1) is 60.6. The molecule has 0 aromatic rings. The summed E-state index contributed by atoms with van der Waals surface area (Å²) in [6.07, 6.45) is 78.4. The summed E-state index contributed by atoms with van der Waals surface area (Å²) in [5, 5.41) is 23.3. The lowest BCUT2D eigenvalue weighted by Gasteiger charge is -2.22. The van der Waals surface area contributed by atoms with Gasteiger partial charge in [0.2, 0.25) is 5.91 Å². The van der Waals surface area contributed by atoms with Crippen molar-refractivity contribution in [3.8, 4) is 0 Å². The molecule has 2 atom stereocenters. The van der Waals surface area contributed by atoms with Crippen LogP contribution in [0.5, 0.6) is 0 Å². The summed E-state index contributed by atoms with van der Waals surface area (Å²) in [6, 6.07) is -0.554. The van der Waals surface area contributed by atoms with Crippen molar-refractivity contribution < 1.29 is 15.0 Å².